The van der Waals surface area contributed by atoms with E-state index in [-0.39, 0.29) is 23.0 Å². The SMILES string of the molecule is CNC(=O)c1ccc(-c2ccc([C@@H](O)[CH-]CF)cc2)cn1.[Mn]. The Morgan fingerprint density at radius 2 is 1.91 bits per heavy atom. The molecule has 0 saturated carbocycles. The van der Waals surface area contributed by atoms with E-state index in [2.05, 4.69) is 10.3 Å². The number of carbonyl (C=O) groups excluding carboxylic acids is 1. The summed E-state index contributed by atoms with van der Waals surface area (Å²) >= 11 is 0. The summed E-state index contributed by atoms with van der Waals surface area (Å²) in [5.74, 6) is -0.234. The standard InChI is InChI=1S/C16H16FN2O2.Mn/c1-18-16(21)14-7-6-13(10-19-14)11-2-4-12(5-3-11)15(20)8-9-17;/h2-8,10,15,20H,9H2,1H3,(H,18,21);/q-1;/t15-;/m0./s1. The summed E-state index contributed by atoms with van der Waals surface area (Å²) in [5.41, 5.74) is 2.75. The second-order valence-electron chi connectivity index (χ2n) is 4.47. The fourth-order valence-corrected chi connectivity index (χ4v) is 1.92. The van der Waals surface area contributed by atoms with Crippen LogP contribution in [0.15, 0.2) is 42.6 Å². The Morgan fingerprint density at radius 1 is 1.27 bits per heavy atom. The molecule has 2 aromatic rings. The number of alkyl halides is 1. The summed E-state index contributed by atoms with van der Waals surface area (Å²) in [6.07, 6.45) is 1.90. The van der Waals surface area contributed by atoms with Gasteiger partial charge in [-0.1, -0.05) is 35.9 Å². The van der Waals surface area contributed by atoms with E-state index in [9.17, 15) is 14.3 Å². The third-order valence-electron chi connectivity index (χ3n) is 3.12. The van der Waals surface area contributed by atoms with Gasteiger partial charge in [-0.15, -0.1) is 0 Å². The number of rotatable bonds is 5. The molecule has 0 spiro atoms. The Kier molecular flexibility index (Phi) is 7.18. The maximum Gasteiger partial charge on any atom is 0.269 e. The molecule has 1 aromatic heterocycles. The van der Waals surface area contributed by atoms with E-state index < -0.39 is 12.8 Å². The van der Waals surface area contributed by atoms with E-state index in [4.69, 9.17) is 0 Å². The Balaban J connectivity index is 0.00000242. The molecule has 0 aliphatic rings. The van der Waals surface area contributed by atoms with Gasteiger partial charge < -0.3 is 10.4 Å². The molecule has 0 bridgehead atoms. The molecule has 4 nitrogen and oxygen atoms in total. The summed E-state index contributed by atoms with van der Waals surface area (Å²) in [7, 11) is 1.55. The molecule has 0 fully saturated rings. The smallest absolute Gasteiger partial charge is 0.269 e. The summed E-state index contributed by atoms with van der Waals surface area (Å²) in [4.78, 5) is 15.5. The molecule has 0 aliphatic heterocycles. The number of pyridine rings is 1. The number of amides is 1. The van der Waals surface area contributed by atoms with Gasteiger partial charge in [-0.25, -0.2) is 0 Å². The van der Waals surface area contributed by atoms with E-state index in [1.54, 1.807) is 37.5 Å². The Labute approximate surface area is 139 Å². The first-order chi connectivity index (χ1) is 10.2. The molecule has 0 unspecified atom stereocenters. The largest absolute Gasteiger partial charge is 0.420 e. The number of hydrogen-bond donors (Lipinski definition) is 2. The first kappa shape index (κ1) is 18.3. The van der Waals surface area contributed by atoms with Gasteiger partial charge in [0, 0.05) is 35.9 Å². The second kappa shape index (κ2) is 8.63. The molecular weight excluding hydrogens is 326 g/mol. The third kappa shape index (κ3) is 4.37. The van der Waals surface area contributed by atoms with Crippen molar-refractivity contribution in [1.29, 1.82) is 0 Å². The van der Waals surface area contributed by atoms with Crippen LogP contribution in [0.2, 0.25) is 0 Å². The van der Waals surface area contributed by atoms with Crippen LogP contribution in [0.5, 0.6) is 0 Å². The number of halogens is 1. The van der Waals surface area contributed by atoms with Gasteiger partial charge in [0.15, 0.2) is 0 Å². The molecule has 0 saturated heterocycles. The number of carbonyl (C=O) groups is 1. The predicted octanol–water partition coefficient (Wildman–Crippen LogP) is 2.31. The number of aliphatic hydroxyl groups excluding tert-OH is 1. The van der Waals surface area contributed by atoms with Crippen molar-refractivity contribution >= 4 is 5.91 Å². The van der Waals surface area contributed by atoms with Crippen LogP contribution < -0.4 is 5.32 Å². The van der Waals surface area contributed by atoms with E-state index >= 15 is 0 Å². The topological polar surface area (TPSA) is 62.2 Å². The Morgan fingerprint density at radius 3 is 2.41 bits per heavy atom. The summed E-state index contributed by atoms with van der Waals surface area (Å²) in [6.45, 7) is -0.673. The van der Waals surface area contributed by atoms with E-state index in [0.29, 0.717) is 11.3 Å². The van der Waals surface area contributed by atoms with Crippen LogP contribution in [0.3, 0.4) is 0 Å². The molecule has 1 aromatic carbocycles. The summed E-state index contributed by atoms with van der Waals surface area (Å²) in [5, 5.41) is 12.2. The molecule has 2 rings (SSSR count). The van der Waals surface area contributed by atoms with Crippen molar-refractivity contribution in [3.8, 4) is 11.1 Å². The maximum atomic E-state index is 12.1. The fourth-order valence-electron chi connectivity index (χ4n) is 1.92. The van der Waals surface area contributed by atoms with Crippen molar-refractivity contribution in [2.24, 2.45) is 0 Å². The number of hydrogen-bond acceptors (Lipinski definition) is 3. The molecule has 22 heavy (non-hydrogen) atoms. The second-order valence-corrected chi connectivity index (χ2v) is 4.47. The van der Waals surface area contributed by atoms with Crippen molar-refractivity contribution in [3.63, 3.8) is 0 Å². The molecule has 0 aliphatic carbocycles. The molecule has 1 heterocycles. The van der Waals surface area contributed by atoms with Gasteiger partial charge in [0.05, 0.1) is 0 Å². The van der Waals surface area contributed by atoms with E-state index in [1.165, 1.54) is 6.42 Å². The average Bonchev–Trinajstić information content (AvgIpc) is 2.54. The minimum atomic E-state index is -0.905. The summed E-state index contributed by atoms with van der Waals surface area (Å²) in [6, 6.07) is 10.6. The molecule has 1 atom stereocenters. The zero-order valence-electron chi connectivity index (χ0n) is 12.0. The quantitative estimate of drug-likeness (QED) is 0.648. The van der Waals surface area contributed by atoms with E-state index in [1.807, 2.05) is 12.1 Å². The zero-order chi connectivity index (χ0) is 15.2. The molecular formula is C16H16FMnN2O2-. The number of nitrogens with one attached hydrogen (secondary N) is 1. The van der Waals surface area contributed by atoms with Gasteiger partial charge in [0.2, 0.25) is 0 Å². The van der Waals surface area contributed by atoms with Gasteiger partial charge >= 0.3 is 0 Å². The minimum Gasteiger partial charge on any atom is -0.420 e. The van der Waals surface area contributed by atoms with Crippen molar-refractivity contribution in [3.05, 3.63) is 60.3 Å². The number of benzene rings is 1. The molecule has 117 valence electrons. The average molecular weight is 342 g/mol. The first-order valence-corrected chi connectivity index (χ1v) is 6.51. The normalized spacial score (nSPS) is 11.4. The summed E-state index contributed by atoms with van der Waals surface area (Å²) < 4.78 is 12.1. The minimum absolute atomic E-state index is 0. The number of aromatic nitrogens is 1. The Hall–Kier alpha value is -1.75. The van der Waals surface area contributed by atoms with Crippen LogP contribution in [-0.2, 0) is 17.1 Å². The third-order valence-corrected chi connectivity index (χ3v) is 3.12. The first-order valence-electron chi connectivity index (χ1n) is 6.51. The monoisotopic (exact) mass is 342 g/mol. The van der Waals surface area contributed by atoms with Crippen LogP contribution in [0.4, 0.5) is 4.39 Å². The van der Waals surface area contributed by atoms with E-state index in [0.717, 1.165) is 11.1 Å². The fraction of sp³-hybridized carbons (Fsp3) is 0.188. The zero-order valence-corrected chi connectivity index (χ0v) is 13.1. The van der Waals surface area contributed by atoms with Gasteiger partial charge in [-0.2, -0.15) is 0 Å². The van der Waals surface area contributed by atoms with Crippen LogP contribution in [-0.4, -0.2) is 29.7 Å². The van der Waals surface area contributed by atoms with Crippen molar-refractivity contribution in [2.75, 3.05) is 13.7 Å². The van der Waals surface area contributed by atoms with Crippen molar-refractivity contribution < 1.29 is 31.4 Å². The molecule has 6 heteroatoms. The van der Waals surface area contributed by atoms with Gasteiger partial charge in [0.25, 0.3) is 5.91 Å². The van der Waals surface area contributed by atoms with Crippen molar-refractivity contribution in [2.45, 2.75) is 6.10 Å². The number of aliphatic hydroxyl groups is 1. The molecule has 1 amide bonds. The maximum absolute atomic E-state index is 12.1. The van der Waals surface area contributed by atoms with Gasteiger partial charge in [-0.05, 0) is 24.4 Å². The van der Waals surface area contributed by atoms with Crippen LogP contribution in [0.25, 0.3) is 11.1 Å². The van der Waals surface area contributed by atoms with Crippen molar-refractivity contribution in [1.82, 2.24) is 10.3 Å². The Bertz CT molecular complexity index is 603. The molecule has 2 N–H and O–H groups in total. The van der Waals surface area contributed by atoms with Gasteiger partial charge in [0.1, 0.15) is 5.69 Å². The van der Waals surface area contributed by atoms with Gasteiger partial charge in [-0.3, -0.25) is 20.6 Å². The number of nitrogens with zero attached hydrogens (tertiary/aromatic N) is 1. The van der Waals surface area contributed by atoms with Crippen LogP contribution in [0.1, 0.15) is 22.2 Å². The van der Waals surface area contributed by atoms with Crippen LogP contribution in [0, 0.1) is 6.42 Å². The molecule has 1 radical (unpaired) electrons. The predicted molar refractivity (Wildman–Crippen MR) is 78.3 cm³/mol. The van der Waals surface area contributed by atoms with Crippen LogP contribution >= 0.6 is 0 Å².